The van der Waals surface area contributed by atoms with Crippen LogP contribution in [0.3, 0.4) is 0 Å². The molecule has 0 aliphatic carbocycles. The highest BCUT2D eigenvalue weighted by molar-refractivity contribution is 7.92. The van der Waals surface area contributed by atoms with Crippen molar-refractivity contribution >= 4 is 50.6 Å². The summed E-state index contributed by atoms with van der Waals surface area (Å²) in [6, 6.07) is 15.6. The summed E-state index contributed by atoms with van der Waals surface area (Å²) in [6.07, 6.45) is 0.153. The van der Waals surface area contributed by atoms with Gasteiger partial charge < -0.3 is 20.6 Å². The molecule has 1 aliphatic rings. The molecule has 3 aromatic carbocycles. The fraction of sp³-hybridized carbons (Fsp3) is 0.200. The van der Waals surface area contributed by atoms with E-state index in [2.05, 4.69) is 15.4 Å². The summed E-state index contributed by atoms with van der Waals surface area (Å²) in [7, 11) is -3.48. The van der Waals surface area contributed by atoms with Gasteiger partial charge in [-0.3, -0.25) is 9.52 Å². The zero-order valence-corrected chi connectivity index (χ0v) is 21.2. The van der Waals surface area contributed by atoms with Crippen LogP contribution in [0.2, 0.25) is 5.02 Å². The third-order valence-electron chi connectivity index (χ3n) is 5.66. The third kappa shape index (κ3) is 6.56. The zero-order chi connectivity index (χ0) is 26.7. The molecule has 4 rings (SSSR count). The van der Waals surface area contributed by atoms with Crippen molar-refractivity contribution in [3.63, 3.8) is 0 Å². The van der Waals surface area contributed by atoms with Crippen molar-refractivity contribution < 1.29 is 27.5 Å². The maximum atomic E-state index is 14.0. The molecule has 4 N–H and O–H groups in total. The largest absolute Gasteiger partial charge is 0.391 e. The van der Waals surface area contributed by atoms with Crippen LogP contribution in [0.1, 0.15) is 6.42 Å². The first-order valence-electron chi connectivity index (χ1n) is 11.2. The minimum absolute atomic E-state index is 0.00548. The van der Waals surface area contributed by atoms with E-state index in [-0.39, 0.29) is 23.7 Å². The molecule has 37 heavy (non-hydrogen) atoms. The summed E-state index contributed by atoms with van der Waals surface area (Å²) in [5, 5.41) is 15.4. The third-order valence-corrected chi connectivity index (χ3v) is 6.49. The summed E-state index contributed by atoms with van der Waals surface area (Å²) >= 11 is 5.72. The number of halogens is 2. The maximum absolute atomic E-state index is 14.0. The second kappa shape index (κ2) is 10.8. The Hall–Kier alpha value is -3.67. The highest BCUT2D eigenvalue weighted by Crippen LogP contribution is 2.31. The van der Waals surface area contributed by atoms with Crippen molar-refractivity contribution in [3.8, 4) is 11.1 Å². The standard InChI is InChI=1S/C25H24ClFN4O5S/c1-37(35,36)30-21-5-3-2-4-19(21)15-6-9-17(10-7-15)31-14-18(32)13-23(24(31)33)29-25(34)28-22-11-8-16(26)12-20(22)27/h2-12,18,23,30,32H,13-14H2,1H3,(H2,28,29,34)/t18-,23-/m1/s1. The number of amides is 3. The number of nitrogens with one attached hydrogen (secondary N) is 3. The van der Waals surface area contributed by atoms with Crippen LogP contribution in [0.15, 0.2) is 66.7 Å². The fourth-order valence-electron chi connectivity index (χ4n) is 4.04. The van der Waals surface area contributed by atoms with Gasteiger partial charge in [0.05, 0.1) is 30.3 Å². The molecule has 0 unspecified atom stereocenters. The second-order valence-corrected chi connectivity index (χ2v) is 10.8. The quantitative estimate of drug-likeness (QED) is 0.374. The lowest BCUT2D eigenvalue weighted by Crippen LogP contribution is -2.57. The van der Waals surface area contributed by atoms with Gasteiger partial charge in [0, 0.05) is 22.7 Å². The molecule has 3 aromatic rings. The first-order valence-corrected chi connectivity index (χ1v) is 13.5. The summed E-state index contributed by atoms with van der Waals surface area (Å²) in [5.74, 6) is -1.17. The maximum Gasteiger partial charge on any atom is 0.319 e. The zero-order valence-electron chi connectivity index (χ0n) is 19.6. The number of hydrogen-bond donors (Lipinski definition) is 4. The Balaban J connectivity index is 1.49. The molecule has 194 valence electrons. The van der Waals surface area contributed by atoms with E-state index >= 15 is 0 Å². The van der Waals surface area contributed by atoms with Crippen LogP contribution < -0.4 is 20.3 Å². The van der Waals surface area contributed by atoms with Crippen LogP contribution in [-0.4, -0.2) is 50.4 Å². The number of rotatable bonds is 6. The van der Waals surface area contributed by atoms with Gasteiger partial charge in [-0.15, -0.1) is 0 Å². The molecular weight excluding hydrogens is 523 g/mol. The topological polar surface area (TPSA) is 128 Å². The van der Waals surface area contributed by atoms with Crippen molar-refractivity contribution in [2.45, 2.75) is 18.6 Å². The van der Waals surface area contributed by atoms with Crippen molar-refractivity contribution in [2.24, 2.45) is 0 Å². The first kappa shape index (κ1) is 26.4. The predicted molar refractivity (Wildman–Crippen MR) is 141 cm³/mol. The number of aliphatic hydroxyl groups excluding tert-OH is 1. The lowest BCUT2D eigenvalue weighted by molar-refractivity contribution is -0.123. The van der Waals surface area contributed by atoms with Crippen LogP contribution in [0.4, 0.5) is 26.2 Å². The number of sulfonamides is 1. The number of hydrogen-bond acceptors (Lipinski definition) is 5. The van der Waals surface area contributed by atoms with E-state index in [1.165, 1.54) is 17.0 Å². The number of β-amino-alcohol motifs (C(OH)–C–C–N with tert-alkyl or cyclic N) is 1. The number of urea groups is 1. The molecule has 1 aliphatic heterocycles. The molecule has 1 saturated heterocycles. The normalized spacial score (nSPS) is 17.8. The molecule has 0 saturated carbocycles. The average Bonchev–Trinajstić information content (AvgIpc) is 2.82. The lowest BCUT2D eigenvalue weighted by Gasteiger charge is -2.35. The number of aliphatic hydroxyl groups is 1. The Morgan fingerprint density at radius 1 is 1.08 bits per heavy atom. The van der Waals surface area contributed by atoms with Gasteiger partial charge in [0.15, 0.2) is 0 Å². The number of anilines is 3. The Kier molecular flexibility index (Phi) is 7.67. The van der Waals surface area contributed by atoms with Crippen molar-refractivity contribution in [3.05, 3.63) is 77.6 Å². The van der Waals surface area contributed by atoms with E-state index in [0.29, 0.717) is 22.5 Å². The molecule has 2 atom stereocenters. The predicted octanol–water partition coefficient (Wildman–Crippen LogP) is 3.81. The number of nitrogens with zero attached hydrogens (tertiary/aromatic N) is 1. The van der Waals surface area contributed by atoms with E-state index in [0.717, 1.165) is 12.3 Å². The van der Waals surface area contributed by atoms with Gasteiger partial charge in [-0.2, -0.15) is 0 Å². The molecule has 0 aromatic heterocycles. The molecule has 9 nitrogen and oxygen atoms in total. The number of piperidine rings is 1. The van der Waals surface area contributed by atoms with E-state index < -0.39 is 39.9 Å². The summed E-state index contributed by atoms with van der Waals surface area (Å²) in [4.78, 5) is 26.9. The van der Waals surface area contributed by atoms with Gasteiger partial charge in [0.25, 0.3) is 0 Å². The van der Waals surface area contributed by atoms with Crippen LogP contribution in [0.25, 0.3) is 11.1 Å². The highest BCUT2D eigenvalue weighted by atomic mass is 35.5. The lowest BCUT2D eigenvalue weighted by atomic mass is 10.00. The Labute approximate surface area is 218 Å². The Bertz CT molecular complexity index is 1440. The van der Waals surface area contributed by atoms with Gasteiger partial charge in [-0.05, 0) is 42.0 Å². The first-order chi connectivity index (χ1) is 17.5. The van der Waals surface area contributed by atoms with Gasteiger partial charge in [0.2, 0.25) is 15.9 Å². The smallest absolute Gasteiger partial charge is 0.319 e. The molecule has 0 bridgehead atoms. The molecule has 0 radical (unpaired) electrons. The van der Waals surface area contributed by atoms with E-state index in [4.69, 9.17) is 11.6 Å². The van der Waals surface area contributed by atoms with Crippen molar-refractivity contribution in [2.75, 3.05) is 27.7 Å². The van der Waals surface area contributed by atoms with Crippen molar-refractivity contribution in [1.29, 1.82) is 0 Å². The summed E-state index contributed by atoms with van der Waals surface area (Å²) < 4.78 is 39.9. The molecule has 3 amide bonds. The minimum atomic E-state index is -3.48. The van der Waals surface area contributed by atoms with Crippen molar-refractivity contribution in [1.82, 2.24) is 5.32 Å². The molecular formula is C25H24ClFN4O5S. The van der Waals surface area contributed by atoms with Gasteiger partial charge >= 0.3 is 6.03 Å². The number of para-hydroxylation sites is 1. The Morgan fingerprint density at radius 3 is 2.46 bits per heavy atom. The SMILES string of the molecule is CS(=O)(=O)Nc1ccccc1-c1ccc(N2C[C@H](O)C[C@@H](NC(=O)Nc3ccc(Cl)cc3F)C2=O)cc1. The Morgan fingerprint density at radius 2 is 1.78 bits per heavy atom. The molecule has 1 heterocycles. The molecule has 12 heteroatoms. The average molecular weight is 547 g/mol. The molecule has 1 fully saturated rings. The van der Waals surface area contributed by atoms with Crippen LogP contribution in [0, 0.1) is 5.82 Å². The minimum Gasteiger partial charge on any atom is -0.391 e. The van der Waals surface area contributed by atoms with Gasteiger partial charge in [-0.1, -0.05) is 41.9 Å². The van der Waals surface area contributed by atoms with Crippen LogP contribution >= 0.6 is 11.6 Å². The number of benzene rings is 3. The van der Waals surface area contributed by atoms with Crippen LogP contribution in [-0.2, 0) is 14.8 Å². The van der Waals surface area contributed by atoms with Gasteiger partial charge in [-0.25, -0.2) is 17.6 Å². The molecule has 0 spiro atoms. The van der Waals surface area contributed by atoms with E-state index in [1.807, 2.05) is 0 Å². The highest BCUT2D eigenvalue weighted by Gasteiger charge is 2.35. The summed E-state index contributed by atoms with van der Waals surface area (Å²) in [5.41, 5.74) is 2.14. The summed E-state index contributed by atoms with van der Waals surface area (Å²) in [6.45, 7) is 0.0238. The van der Waals surface area contributed by atoms with Crippen LogP contribution in [0.5, 0.6) is 0 Å². The monoisotopic (exact) mass is 546 g/mol. The van der Waals surface area contributed by atoms with E-state index in [1.54, 1.807) is 48.5 Å². The second-order valence-electron chi connectivity index (χ2n) is 8.58. The number of carbonyl (C=O) groups excluding carboxylic acids is 2. The van der Waals surface area contributed by atoms with E-state index in [9.17, 15) is 27.5 Å². The fourth-order valence-corrected chi connectivity index (χ4v) is 4.78. The number of carbonyl (C=O) groups is 2. The van der Waals surface area contributed by atoms with Gasteiger partial charge in [0.1, 0.15) is 11.9 Å².